The zero-order valence-corrected chi connectivity index (χ0v) is 11.3. The van der Waals surface area contributed by atoms with Crippen molar-refractivity contribution in [2.45, 2.75) is 39.7 Å². The van der Waals surface area contributed by atoms with E-state index in [2.05, 4.69) is 17.1 Å². The van der Waals surface area contributed by atoms with Crippen molar-refractivity contribution < 1.29 is 9.90 Å². The van der Waals surface area contributed by atoms with Crippen LogP contribution in [0.15, 0.2) is 0 Å². The lowest BCUT2D eigenvalue weighted by molar-refractivity contribution is -0.140. The van der Waals surface area contributed by atoms with E-state index in [4.69, 9.17) is 5.11 Å². The Labute approximate surface area is 104 Å². The van der Waals surface area contributed by atoms with Crippen LogP contribution in [0.25, 0.3) is 0 Å². The number of likely N-dealkylation sites (tertiary alicyclic amines) is 1. The molecule has 0 saturated carbocycles. The number of carboxylic acids is 1. The summed E-state index contributed by atoms with van der Waals surface area (Å²) in [7, 11) is 0. The Hall–Kier alpha value is -0.610. The van der Waals surface area contributed by atoms with Gasteiger partial charge in [-0.3, -0.25) is 4.79 Å². The Balaban J connectivity index is 2.25. The summed E-state index contributed by atoms with van der Waals surface area (Å²) in [6.45, 7) is 10.3. The van der Waals surface area contributed by atoms with Crippen LogP contribution >= 0.6 is 0 Å². The summed E-state index contributed by atoms with van der Waals surface area (Å²) in [5.41, 5.74) is 0. The van der Waals surface area contributed by atoms with Crippen LogP contribution in [0.5, 0.6) is 0 Å². The zero-order chi connectivity index (χ0) is 12.8. The third kappa shape index (κ3) is 5.04. The Bertz CT molecular complexity index is 238. The molecule has 4 heteroatoms. The quantitative estimate of drug-likeness (QED) is 0.709. The minimum Gasteiger partial charge on any atom is -0.480 e. The maximum Gasteiger partial charge on any atom is 0.320 e. The summed E-state index contributed by atoms with van der Waals surface area (Å²) in [4.78, 5) is 13.5. The van der Waals surface area contributed by atoms with Crippen molar-refractivity contribution in [3.8, 4) is 0 Å². The summed E-state index contributed by atoms with van der Waals surface area (Å²) in [5.74, 6) is -0.103. The van der Waals surface area contributed by atoms with Crippen LogP contribution in [0.2, 0.25) is 0 Å². The minimum absolute atomic E-state index is 0.131. The van der Waals surface area contributed by atoms with Gasteiger partial charge in [0.1, 0.15) is 6.04 Å². The first-order valence-corrected chi connectivity index (χ1v) is 6.69. The van der Waals surface area contributed by atoms with Gasteiger partial charge in [0.05, 0.1) is 0 Å². The van der Waals surface area contributed by atoms with Crippen LogP contribution in [0.4, 0.5) is 0 Å². The van der Waals surface area contributed by atoms with Gasteiger partial charge in [-0.25, -0.2) is 0 Å². The SMILES string of the molecule is CC(CNC(C(=O)O)C(C)C)CN1CCCC1. The van der Waals surface area contributed by atoms with Crippen LogP contribution in [0.1, 0.15) is 33.6 Å². The first-order chi connectivity index (χ1) is 8.00. The van der Waals surface area contributed by atoms with Crippen LogP contribution in [-0.4, -0.2) is 48.2 Å². The van der Waals surface area contributed by atoms with E-state index in [1.165, 1.54) is 25.9 Å². The highest BCUT2D eigenvalue weighted by molar-refractivity contribution is 5.73. The molecule has 1 rings (SSSR count). The van der Waals surface area contributed by atoms with Crippen molar-refractivity contribution in [1.29, 1.82) is 0 Å². The second-order valence-corrected chi connectivity index (χ2v) is 5.58. The number of rotatable bonds is 7. The molecule has 2 atom stereocenters. The van der Waals surface area contributed by atoms with Gasteiger partial charge in [-0.2, -0.15) is 0 Å². The molecule has 0 bridgehead atoms. The maximum atomic E-state index is 11.0. The Morgan fingerprint density at radius 3 is 2.35 bits per heavy atom. The summed E-state index contributed by atoms with van der Waals surface area (Å²) >= 11 is 0. The van der Waals surface area contributed by atoms with Gasteiger partial charge in [0.2, 0.25) is 0 Å². The summed E-state index contributed by atoms with van der Waals surface area (Å²) in [6, 6.07) is -0.420. The topological polar surface area (TPSA) is 52.6 Å². The van der Waals surface area contributed by atoms with Gasteiger partial charge in [0, 0.05) is 6.54 Å². The van der Waals surface area contributed by atoms with Crippen molar-refractivity contribution >= 4 is 5.97 Å². The molecule has 1 heterocycles. The normalized spacial score (nSPS) is 20.7. The van der Waals surface area contributed by atoms with E-state index >= 15 is 0 Å². The molecule has 100 valence electrons. The number of carbonyl (C=O) groups is 1. The Morgan fingerprint density at radius 2 is 1.88 bits per heavy atom. The molecule has 0 aromatic carbocycles. The molecular formula is C13H26N2O2. The fourth-order valence-corrected chi connectivity index (χ4v) is 2.41. The van der Waals surface area contributed by atoms with Gasteiger partial charge in [0.15, 0.2) is 0 Å². The molecule has 1 aliphatic rings. The molecule has 0 aliphatic carbocycles. The van der Waals surface area contributed by atoms with Crippen LogP contribution < -0.4 is 5.32 Å². The highest BCUT2D eigenvalue weighted by Crippen LogP contribution is 2.10. The number of hydrogen-bond acceptors (Lipinski definition) is 3. The molecule has 0 radical (unpaired) electrons. The molecule has 17 heavy (non-hydrogen) atoms. The molecule has 0 spiro atoms. The predicted molar refractivity (Wildman–Crippen MR) is 69.1 cm³/mol. The lowest BCUT2D eigenvalue weighted by atomic mass is 10.0. The molecule has 0 amide bonds. The largest absolute Gasteiger partial charge is 0.480 e. The second kappa shape index (κ2) is 6.97. The van der Waals surface area contributed by atoms with Crippen molar-refractivity contribution in [2.75, 3.05) is 26.2 Å². The number of nitrogens with zero attached hydrogens (tertiary/aromatic N) is 1. The fourth-order valence-electron chi connectivity index (χ4n) is 2.41. The third-order valence-electron chi connectivity index (χ3n) is 3.39. The van der Waals surface area contributed by atoms with Crippen LogP contribution in [0.3, 0.4) is 0 Å². The van der Waals surface area contributed by atoms with E-state index in [1.807, 2.05) is 13.8 Å². The van der Waals surface area contributed by atoms with E-state index in [-0.39, 0.29) is 5.92 Å². The minimum atomic E-state index is -0.742. The van der Waals surface area contributed by atoms with E-state index < -0.39 is 12.0 Å². The number of nitrogens with one attached hydrogen (secondary N) is 1. The second-order valence-electron chi connectivity index (χ2n) is 5.58. The summed E-state index contributed by atoms with van der Waals surface area (Å²) in [5, 5.41) is 12.2. The first kappa shape index (κ1) is 14.5. The molecular weight excluding hydrogens is 216 g/mol. The fraction of sp³-hybridized carbons (Fsp3) is 0.923. The monoisotopic (exact) mass is 242 g/mol. The lowest BCUT2D eigenvalue weighted by Gasteiger charge is -2.23. The Kier molecular flexibility index (Phi) is 5.92. The van der Waals surface area contributed by atoms with Gasteiger partial charge < -0.3 is 15.3 Å². The Morgan fingerprint density at radius 1 is 1.29 bits per heavy atom. The lowest BCUT2D eigenvalue weighted by Crippen LogP contribution is -2.44. The highest BCUT2D eigenvalue weighted by Gasteiger charge is 2.22. The standard InChI is InChI=1S/C13H26N2O2/c1-10(2)12(13(16)17)14-8-11(3)9-15-6-4-5-7-15/h10-12,14H,4-9H2,1-3H3,(H,16,17). The van der Waals surface area contributed by atoms with E-state index in [0.717, 1.165) is 13.1 Å². The average molecular weight is 242 g/mol. The van der Waals surface area contributed by atoms with Crippen molar-refractivity contribution in [3.63, 3.8) is 0 Å². The molecule has 2 unspecified atom stereocenters. The molecule has 1 saturated heterocycles. The molecule has 0 aromatic rings. The number of carboxylic acid groups (broad SMARTS) is 1. The number of hydrogen-bond donors (Lipinski definition) is 2. The molecule has 1 fully saturated rings. The number of aliphatic carboxylic acids is 1. The van der Waals surface area contributed by atoms with Gasteiger partial charge >= 0.3 is 5.97 Å². The highest BCUT2D eigenvalue weighted by atomic mass is 16.4. The summed E-state index contributed by atoms with van der Waals surface area (Å²) < 4.78 is 0. The van der Waals surface area contributed by atoms with E-state index in [1.54, 1.807) is 0 Å². The van der Waals surface area contributed by atoms with Crippen molar-refractivity contribution in [1.82, 2.24) is 10.2 Å². The van der Waals surface area contributed by atoms with Crippen LogP contribution in [0, 0.1) is 11.8 Å². The predicted octanol–water partition coefficient (Wildman–Crippen LogP) is 1.42. The van der Waals surface area contributed by atoms with Gasteiger partial charge in [-0.1, -0.05) is 20.8 Å². The third-order valence-corrected chi connectivity index (χ3v) is 3.39. The average Bonchev–Trinajstić information content (AvgIpc) is 2.69. The van der Waals surface area contributed by atoms with Gasteiger partial charge in [-0.05, 0) is 44.3 Å². The van der Waals surface area contributed by atoms with Crippen molar-refractivity contribution in [2.24, 2.45) is 11.8 Å². The van der Waals surface area contributed by atoms with Gasteiger partial charge in [-0.15, -0.1) is 0 Å². The molecule has 0 aromatic heterocycles. The van der Waals surface area contributed by atoms with Crippen LogP contribution in [-0.2, 0) is 4.79 Å². The molecule has 4 nitrogen and oxygen atoms in total. The zero-order valence-electron chi connectivity index (χ0n) is 11.3. The maximum absolute atomic E-state index is 11.0. The summed E-state index contributed by atoms with van der Waals surface area (Å²) in [6.07, 6.45) is 2.62. The smallest absolute Gasteiger partial charge is 0.320 e. The molecule has 1 aliphatic heterocycles. The molecule has 2 N–H and O–H groups in total. The first-order valence-electron chi connectivity index (χ1n) is 6.69. The van der Waals surface area contributed by atoms with E-state index in [9.17, 15) is 4.79 Å². The van der Waals surface area contributed by atoms with E-state index in [0.29, 0.717) is 5.92 Å². The van der Waals surface area contributed by atoms with Gasteiger partial charge in [0.25, 0.3) is 0 Å². The van der Waals surface area contributed by atoms with Crippen molar-refractivity contribution in [3.05, 3.63) is 0 Å².